The quantitative estimate of drug-likeness (QED) is 0.421. The number of nitrogens with one attached hydrogen (secondary N) is 1. The first-order valence-electron chi connectivity index (χ1n) is 13.2. The summed E-state index contributed by atoms with van der Waals surface area (Å²) in [4.78, 5) is 21.6. The van der Waals surface area contributed by atoms with Crippen molar-refractivity contribution in [3.05, 3.63) is 80.9 Å². The number of fused-ring (bicyclic) bond motifs is 1. The summed E-state index contributed by atoms with van der Waals surface area (Å²) < 4.78 is 1.91. The topological polar surface area (TPSA) is 82.9 Å². The number of nitrogens with zero attached hydrogens (tertiary/aromatic N) is 6. The van der Waals surface area contributed by atoms with Gasteiger partial charge in [-0.05, 0) is 85.7 Å². The molecular weight excluding hydrogens is 462 g/mol. The summed E-state index contributed by atoms with van der Waals surface area (Å²) in [7, 11) is 0. The number of hydrogen-bond acceptors (Lipinski definition) is 6. The Kier molecular flexibility index (Phi) is 6.62. The number of para-hydroxylation sites is 1. The third-order valence-corrected chi connectivity index (χ3v) is 8.18. The number of aromatic amines is 1. The van der Waals surface area contributed by atoms with E-state index in [0.717, 1.165) is 49.1 Å². The van der Waals surface area contributed by atoms with E-state index in [4.69, 9.17) is 0 Å². The van der Waals surface area contributed by atoms with Crippen molar-refractivity contribution < 1.29 is 0 Å². The Labute approximate surface area is 218 Å². The molecule has 1 aliphatic rings. The van der Waals surface area contributed by atoms with Gasteiger partial charge in [0.05, 0.1) is 11.1 Å². The van der Waals surface area contributed by atoms with Crippen LogP contribution in [0.4, 0.5) is 5.69 Å². The highest BCUT2D eigenvalue weighted by molar-refractivity contribution is 5.82. The monoisotopic (exact) mass is 499 g/mol. The van der Waals surface area contributed by atoms with Crippen molar-refractivity contribution in [3.63, 3.8) is 0 Å². The average molecular weight is 500 g/mol. The van der Waals surface area contributed by atoms with E-state index < -0.39 is 0 Å². The van der Waals surface area contributed by atoms with Crippen LogP contribution in [0.3, 0.4) is 0 Å². The van der Waals surface area contributed by atoms with Crippen molar-refractivity contribution in [3.8, 4) is 0 Å². The van der Waals surface area contributed by atoms with Gasteiger partial charge in [0.15, 0.2) is 5.82 Å². The molecule has 1 aliphatic heterocycles. The third kappa shape index (κ3) is 4.55. The van der Waals surface area contributed by atoms with E-state index in [9.17, 15) is 4.79 Å². The molecule has 0 spiro atoms. The number of piperazine rings is 1. The largest absolute Gasteiger partial charge is 0.369 e. The second-order valence-corrected chi connectivity index (χ2v) is 10.9. The van der Waals surface area contributed by atoms with Crippen molar-refractivity contribution in [2.45, 2.75) is 59.5 Å². The van der Waals surface area contributed by atoms with Crippen molar-refractivity contribution in [2.75, 3.05) is 31.1 Å². The summed E-state index contributed by atoms with van der Waals surface area (Å²) in [5.74, 6) is 0.713. The van der Waals surface area contributed by atoms with Crippen LogP contribution < -0.4 is 10.5 Å². The fourth-order valence-corrected chi connectivity index (χ4v) is 5.35. The second-order valence-electron chi connectivity index (χ2n) is 10.9. The zero-order valence-electron chi connectivity index (χ0n) is 22.7. The predicted octanol–water partition coefficient (Wildman–Crippen LogP) is 4.50. The van der Waals surface area contributed by atoms with E-state index in [1.807, 2.05) is 29.8 Å². The Morgan fingerprint density at radius 2 is 1.70 bits per heavy atom. The van der Waals surface area contributed by atoms with Gasteiger partial charge < -0.3 is 9.88 Å². The van der Waals surface area contributed by atoms with Crippen LogP contribution in [-0.2, 0) is 5.54 Å². The number of tetrazole rings is 1. The van der Waals surface area contributed by atoms with Gasteiger partial charge in [0, 0.05) is 37.4 Å². The zero-order chi connectivity index (χ0) is 26.3. The van der Waals surface area contributed by atoms with E-state index in [1.54, 1.807) is 0 Å². The van der Waals surface area contributed by atoms with Gasteiger partial charge in [0.25, 0.3) is 5.56 Å². The maximum absolute atomic E-state index is 13.6. The van der Waals surface area contributed by atoms with Gasteiger partial charge >= 0.3 is 0 Å². The number of rotatable bonds is 6. The highest BCUT2D eigenvalue weighted by atomic mass is 16.1. The number of H-pyrrole nitrogens is 1. The normalized spacial score (nSPS) is 15.9. The molecule has 2 aromatic heterocycles. The number of aryl methyl sites for hydroxylation is 2. The second kappa shape index (κ2) is 9.74. The van der Waals surface area contributed by atoms with E-state index in [-0.39, 0.29) is 17.1 Å². The molecule has 194 valence electrons. The fourth-order valence-electron chi connectivity index (χ4n) is 5.35. The van der Waals surface area contributed by atoms with Crippen LogP contribution in [0.1, 0.15) is 61.3 Å². The first-order chi connectivity index (χ1) is 17.7. The number of hydrogen-bond donors (Lipinski definition) is 1. The number of pyridine rings is 1. The lowest BCUT2D eigenvalue weighted by Crippen LogP contribution is -2.49. The molecule has 37 heavy (non-hydrogen) atoms. The molecule has 1 fully saturated rings. The summed E-state index contributed by atoms with van der Waals surface area (Å²) in [5.41, 5.74) is 6.15. The fraction of sp³-hybridized carbons (Fsp3) is 0.448. The van der Waals surface area contributed by atoms with Gasteiger partial charge in [-0.3, -0.25) is 9.69 Å². The summed E-state index contributed by atoms with van der Waals surface area (Å²) in [6, 6.07) is 14.3. The first-order valence-corrected chi connectivity index (χ1v) is 13.2. The van der Waals surface area contributed by atoms with Crippen LogP contribution in [0, 0.1) is 20.8 Å². The van der Waals surface area contributed by atoms with Crippen LogP contribution in [0.5, 0.6) is 0 Å². The maximum atomic E-state index is 13.6. The summed E-state index contributed by atoms with van der Waals surface area (Å²) >= 11 is 0. The number of aromatic nitrogens is 5. The third-order valence-electron chi connectivity index (χ3n) is 8.18. The molecule has 1 N–H and O–H groups in total. The van der Waals surface area contributed by atoms with Crippen LogP contribution >= 0.6 is 0 Å². The molecule has 0 amide bonds. The van der Waals surface area contributed by atoms with Crippen LogP contribution in [-0.4, -0.2) is 56.3 Å². The SMILES string of the molecule is CCC(C)(C)n1nnnc1[C@H](c1cc2cccc(C)c2[nH]c1=O)N1CCN(c2cccc(C)c2C)CC1. The molecule has 1 atom stereocenters. The van der Waals surface area contributed by atoms with Crippen molar-refractivity contribution in [2.24, 2.45) is 0 Å². The minimum atomic E-state index is -0.352. The zero-order valence-corrected chi connectivity index (χ0v) is 22.7. The van der Waals surface area contributed by atoms with Crippen molar-refractivity contribution in [1.29, 1.82) is 0 Å². The molecule has 0 aliphatic carbocycles. The van der Waals surface area contributed by atoms with Gasteiger partial charge in [0.1, 0.15) is 6.04 Å². The average Bonchev–Trinajstić information content (AvgIpc) is 3.38. The minimum absolute atomic E-state index is 0.0902. The molecule has 0 radical (unpaired) electrons. The lowest BCUT2D eigenvalue weighted by Gasteiger charge is -2.40. The minimum Gasteiger partial charge on any atom is -0.369 e. The molecule has 0 bridgehead atoms. The van der Waals surface area contributed by atoms with Gasteiger partial charge in [-0.1, -0.05) is 37.3 Å². The molecule has 5 rings (SSSR count). The van der Waals surface area contributed by atoms with Gasteiger partial charge in [-0.25, -0.2) is 4.68 Å². The first kappa shape index (κ1) is 25.1. The highest BCUT2D eigenvalue weighted by Crippen LogP contribution is 2.32. The van der Waals surface area contributed by atoms with Gasteiger partial charge in [-0.2, -0.15) is 0 Å². The molecule has 4 aromatic rings. The molecular formula is C29H37N7O. The molecule has 0 unspecified atom stereocenters. The Morgan fingerprint density at radius 1 is 1.00 bits per heavy atom. The smallest absolute Gasteiger partial charge is 0.253 e. The molecule has 2 aromatic carbocycles. The molecule has 8 nitrogen and oxygen atoms in total. The number of anilines is 1. The van der Waals surface area contributed by atoms with E-state index in [0.29, 0.717) is 11.4 Å². The lowest BCUT2D eigenvalue weighted by atomic mass is 9.98. The maximum Gasteiger partial charge on any atom is 0.253 e. The summed E-state index contributed by atoms with van der Waals surface area (Å²) in [6.07, 6.45) is 0.867. The molecule has 1 saturated heterocycles. The Hall–Kier alpha value is -3.52. The number of benzene rings is 2. The van der Waals surface area contributed by atoms with Crippen molar-refractivity contribution in [1.82, 2.24) is 30.1 Å². The van der Waals surface area contributed by atoms with Crippen LogP contribution in [0.15, 0.2) is 47.3 Å². The Morgan fingerprint density at radius 3 is 2.43 bits per heavy atom. The standard InChI is InChI=1S/C29H37N7O/c1-7-29(5,6)36-27(31-32-33-36)26(23-18-22-12-8-11-20(3)25(22)30-28(23)37)35-16-14-34(15-17-35)24-13-9-10-19(2)21(24)4/h8-13,18,26H,7,14-17H2,1-6H3,(H,30,37)/t26-/m0/s1. The van der Waals surface area contributed by atoms with Gasteiger partial charge in [0.2, 0.25) is 0 Å². The van der Waals surface area contributed by atoms with Crippen LogP contribution in [0.25, 0.3) is 10.9 Å². The van der Waals surface area contributed by atoms with E-state index in [2.05, 4.69) is 89.2 Å². The Bertz CT molecular complexity index is 1480. The Balaban J connectivity index is 1.57. The summed E-state index contributed by atoms with van der Waals surface area (Å²) in [5, 5.41) is 14.0. The highest BCUT2D eigenvalue weighted by Gasteiger charge is 2.36. The predicted molar refractivity (Wildman–Crippen MR) is 148 cm³/mol. The molecule has 0 saturated carbocycles. The molecule has 3 heterocycles. The van der Waals surface area contributed by atoms with Crippen molar-refractivity contribution >= 4 is 16.6 Å². The summed E-state index contributed by atoms with van der Waals surface area (Å²) in [6.45, 7) is 16.1. The van der Waals surface area contributed by atoms with E-state index >= 15 is 0 Å². The van der Waals surface area contributed by atoms with E-state index in [1.165, 1.54) is 16.8 Å². The molecule has 8 heteroatoms. The lowest BCUT2D eigenvalue weighted by molar-refractivity contribution is 0.186. The van der Waals surface area contributed by atoms with Crippen LogP contribution in [0.2, 0.25) is 0 Å². The van der Waals surface area contributed by atoms with Gasteiger partial charge in [-0.15, -0.1) is 5.10 Å².